The molecule has 3 aromatic carbocycles. The van der Waals surface area contributed by atoms with Crippen LogP contribution in [0, 0.1) is 0 Å². The highest BCUT2D eigenvalue weighted by Gasteiger charge is 2.45. The number of carbonyl (C=O) groups excluding carboxylic acids is 2. The first-order valence-electron chi connectivity index (χ1n) is 18.1. The Morgan fingerprint density at radius 2 is 1.71 bits per heavy atom. The van der Waals surface area contributed by atoms with Crippen LogP contribution >= 0.6 is 0 Å². The largest absolute Gasteiger partial charge is 0.492 e. The third-order valence-electron chi connectivity index (χ3n) is 10.5. The molecule has 6 rings (SSSR count). The van der Waals surface area contributed by atoms with Crippen LogP contribution in [0.4, 0.5) is 4.79 Å². The average molecular weight is 702 g/mol. The summed E-state index contributed by atoms with van der Waals surface area (Å²) in [5.41, 5.74) is 3.76. The number of benzene rings is 3. The van der Waals surface area contributed by atoms with Crippen LogP contribution in [0.3, 0.4) is 0 Å². The summed E-state index contributed by atoms with van der Waals surface area (Å²) in [5.74, 6) is -0.0873. The molecule has 2 N–H and O–H groups in total. The van der Waals surface area contributed by atoms with Crippen LogP contribution in [0.2, 0.25) is 0 Å². The first-order chi connectivity index (χ1) is 24.8. The number of hydrogen-bond donors (Lipinski definition) is 2. The molecule has 3 aromatic rings. The van der Waals surface area contributed by atoms with E-state index in [0.29, 0.717) is 32.5 Å². The summed E-state index contributed by atoms with van der Waals surface area (Å²) in [4.78, 5) is 33.4. The molecule has 51 heavy (non-hydrogen) atoms. The zero-order valence-electron chi connectivity index (χ0n) is 29.6. The number of hydrogen-bond acceptors (Lipinski definition) is 9. The first-order valence-corrected chi connectivity index (χ1v) is 18.1. The number of amides is 2. The number of methoxy groups -OCH3 is 1. The van der Waals surface area contributed by atoms with Crippen LogP contribution in [-0.4, -0.2) is 122 Å². The number of carbonyl (C=O) groups is 2. The lowest BCUT2D eigenvalue weighted by Crippen LogP contribution is -2.56. The van der Waals surface area contributed by atoms with E-state index < -0.39 is 48.4 Å². The minimum absolute atomic E-state index is 0.0715. The quantitative estimate of drug-likeness (QED) is 0.255. The fourth-order valence-electron chi connectivity index (χ4n) is 7.72. The average Bonchev–Trinajstić information content (AvgIpc) is 3.81. The molecule has 11 nitrogen and oxygen atoms in total. The number of nitrogens with zero attached hydrogens (tertiary/aromatic N) is 3. The standard InChI is InChI=1S/C40H51N3O8/c1-41(38-32-12-7-6-11-30(32)26-36(38)45)39(46)34(43(40(47)48-2)37-13-8-21-51-37)27-35(44)33(25-28-9-4-3-5-10-28)29-14-16-31(17-15-29)50-24-20-42-18-22-49-23-19-42/h3-7,9-12,14-17,33-38,44-45H,8,13,18-27H2,1-2H3/t33-,34+,35-,36+,37+,38-/m0/s1. The minimum atomic E-state index is -1.12. The van der Waals surface area contributed by atoms with Crippen LogP contribution in [-0.2, 0) is 31.8 Å². The molecule has 0 saturated carbocycles. The topological polar surface area (TPSA) is 121 Å². The molecule has 2 heterocycles. The molecule has 2 saturated heterocycles. The van der Waals surface area contributed by atoms with E-state index in [1.165, 1.54) is 16.9 Å². The monoisotopic (exact) mass is 701 g/mol. The second-order valence-electron chi connectivity index (χ2n) is 13.7. The summed E-state index contributed by atoms with van der Waals surface area (Å²) in [6, 6.07) is 23.7. The molecular formula is C40H51N3O8. The number of aliphatic hydroxyl groups is 2. The van der Waals surface area contributed by atoms with E-state index in [1.807, 2.05) is 78.9 Å². The van der Waals surface area contributed by atoms with Crippen LogP contribution in [0.25, 0.3) is 0 Å². The predicted molar refractivity (Wildman–Crippen MR) is 191 cm³/mol. The zero-order valence-corrected chi connectivity index (χ0v) is 29.6. The van der Waals surface area contributed by atoms with Gasteiger partial charge in [0.2, 0.25) is 5.91 Å². The Morgan fingerprint density at radius 3 is 2.41 bits per heavy atom. The molecule has 0 unspecified atom stereocenters. The van der Waals surface area contributed by atoms with Crippen molar-refractivity contribution in [3.8, 4) is 5.75 Å². The summed E-state index contributed by atoms with van der Waals surface area (Å²) < 4.78 is 22.7. The minimum Gasteiger partial charge on any atom is -0.492 e. The van der Waals surface area contributed by atoms with E-state index >= 15 is 0 Å². The lowest BCUT2D eigenvalue weighted by Gasteiger charge is -2.39. The predicted octanol–water partition coefficient (Wildman–Crippen LogP) is 4.17. The van der Waals surface area contributed by atoms with Crippen LogP contribution in [0.15, 0.2) is 78.9 Å². The lowest BCUT2D eigenvalue weighted by molar-refractivity contribution is -0.146. The van der Waals surface area contributed by atoms with E-state index in [9.17, 15) is 19.8 Å². The van der Waals surface area contributed by atoms with Crippen LogP contribution < -0.4 is 4.74 Å². The number of ether oxygens (including phenoxy) is 4. The van der Waals surface area contributed by atoms with Crippen molar-refractivity contribution >= 4 is 12.0 Å². The highest BCUT2D eigenvalue weighted by Crippen LogP contribution is 2.37. The van der Waals surface area contributed by atoms with Gasteiger partial charge in [0.25, 0.3) is 0 Å². The van der Waals surface area contributed by atoms with Gasteiger partial charge in [-0.05, 0) is 53.6 Å². The lowest BCUT2D eigenvalue weighted by atomic mass is 9.84. The van der Waals surface area contributed by atoms with Gasteiger partial charge in [0.1, 0.15) is 24.6 Å². The maximum Gasteiger partial charge on any atom is 0.412 e. The Balaban J connectivity index is 1.27. The summed E-state index contributed by atoms with van der Waals surface area (Å²) in [5, 5.41) is 23.4. The molecule has 11 heteroatoms. The molecule has 0 aromatic heterocycles. The highest BCUT2D eigenvalue weighted by atomic mass is 16.6. The number of rotatable bonds is 14. The van der Waals surface area contributed by atoms with Crippen molar-refractivity contribution in [3.63, 3.8) is 0 Å². The molecular weight excluding hydrogens is 650 g/mol. The molecule has 6 atom stereocenters. The van der Waals surface area contributed by atoms with E-state index in [0.717, 1.165) is 67.3 Å². The van der Waals surface area contributed by atoms with Crippen molar-refractivity contribution in [2.45, 2.75) is 68.5 Å². The molecule has 274 valence electrons. The van der Waals surface area contributed by atoms with Gasteiger partial charge in [-0.2, -0.15) is 0 Å². The normalized spacial score (nSPS) is 22.1. The number of aliphatic hydroxyl groups excluding tert-OH is 2. The van der Waals surface area contributed by atoms with E-state index in [2.05, 4.69) is 4.90 Å². The maximum absolute atomic E-state index is 14.7. The fourth-order valence-corrected chi connectivity index (χ4v) is 7.72. The Hall–Kier alpha value is -4.00. The van der Waals surface area contributed by atoms with Gasteiger partial charge in [-0.25, -0.2) is 4.79 Å². The van der Waals surface area contributed by atoms with E-state index in [1.54, 1.807) is 7.05 Å². The highest BCUT2D eigenvalue weighted by molar-refractivity contribution is 5.86. The summed E-state index contributed by atoms with van der Waals surface area (Å²) in [6.45, 7) is 5.09. The first kappa shape index (κ1) is 36.8. The molecule has 2 fully saturated rings. The Morgan fingerprint density at radius 1 is 0.980 bits per heavy atom. The second kappa shape index (κ2) is 17.5. The van der Waals surface area contributed by atoms with E-state index in [4.69, 9.17) is 18.9 Å². The van der Waals surface area contributed by atoms with Gasteiger partial charge in [0, 0.05) is 52.0 Å². The Kier molecular flexibility index (Phi) is 12.6. The smallest absolute Gasteiger partial charge is 0.412 e. The van der Waals surface area contributed by atoms with Crippen molar-refractivity contribution in [1.29, 1.82) is 0 Å². The molecule has 0 spiro atoms. The van der Waals surface area contributed by atoms with Gasteiger partial charge in [0.15, 0.2) is 0 Å². The van der Waals surface area contributed by atoms with Crippen molar-refractivity contribution in [2.24, 2.45) is 0 Å². The summed E-state index contributed by atoms with van der Waals surface area (Å²) in [7, 11) is 2.94. The molecule has 2 aliphatic heterocycles. The molecule has 1 aliphatic carbocycles. The fraction of sp³-hybridized carbons (Fsp3) is 0.500. The number of likely N-dealkylation sites (N-methyl/N-ethyl adjacent to an activating group) is 1. The Bertz CT molecular complexity index is 1560. The van der Waals surface area contributed by atoms with Crippen molar-refractivity contribution in [2.75, 3.05) is 60.2 Å². The summed E-state index contributed by atoms with van der Waals surface area (Å²) >= 11 is 0. The van der Waals surface area contributed by atoms with E-state index in [-0.39, 0.29) is 6.42 Å². The van der Waals surface area contributed by atoms with Crippen molar-refractivity contribution in [3.05, 3.63) is 101 Å². The summed E-state index contributed by atoms with van der Waals surface area (Å²) in [6.07, 6.45) is -1.13. The molecule has 0 bridgehead atoms. The van der Waals surface area contributed by atoms with Gasteiger partial charge in [-0.1, -0.05) is 66.7 Å². The van der Waals surface area contributed by atoms with Crippen LogP contribution in [0.1, 0.15) is 53.5 Å². The van der Waals surface area contributed by atoms with Gasteiger partial charge < -0.3 is 34.1 Å². The van der Waals surface area contributed by atoms with Gasteiger partial charge >= 0.3 is 6.09 Å². The third kappa shape index (κ3) is 8.91. The van der Waals surface area contributed by atoms with Gasteiger partial charge in [-0.3, -0.25) is 14.6 Å². The van der Waals surface area contributed by atoms with Gasteiger partial charge in [0.05, 0.1) is 38.6 Å². The number of morpholine rings is 1. The number of fused-ring (bicyclic) bond motifs is 1. The Labute approximate surface area is 300 Å². The third-order valence-corrected chi connectivity index (χ3v) is 10.5. The van der Waals surface area contributed by atoms with Crippen molar-refractivity contribution in [1.82, 2.24) is 14.7 Å². The molecule has 0 radical (unpaired) electrons. The SMILES string of the molecule is COC(=O)N([C@H](C[C@H](O)[C@@H](Cc1ccccc1)c1ccc(OCCN2CCOCC2)cc1)C(=O)N(C)[C@H]1c2ccccc2C[C@H]1O)[C@H]1CCCO1. The maximum atomic E-state index is 14.7. The molecule has 3 aliphatic rings. The van der Waals surface area contributed by atoms with Gasteiger partial charge in [-0.15, -0.1) is 0 Å². The zero-order chi connectivity index (χ0) is 35.7. The molecule has 2 amide bonds. The van der Waals surface area contributed by atoms with Crippen LogP contribution in [0.5, 0.6) is 5.75 Å². The second-order valence-corrected chi connectivity index (χ2v) is 13.7. The van der Waals surface area contributed by atoms with Crippen molar-refractivity contribution < 1.29 is 38.7 Å².